The number of aromatic hydroxyl groups is 2. The standard InChI is InChI=1S/C53H83N11O13S/c1-8-31(6)45(53(77)62-40(24-30(4)5)49(73)59-38(46(55)70)25-32-12-16-34(65)17-13-32)64-52(76)42(28-78)63-47(71)36(11-9-10-22-54)58-51(75)41(26-33-14-18-35(66)19-15-33)61-50(74)39(23-29(2)3)60-48(72)37(20-21-44(68)69)57-43(67)27-56-7/h12-19,29-31,36-42,45,56,65-66,78H,8-11,20-28,54H2,1-7H3,(H2,55,70)(H,57,67)(H,58,75)(H,59,73)(H,60,72)(H,61,74)(H,62,77)(H,63,71)(H,64,76)(H,68,69)/t31-,36-,37-,38-,39-,40-,41-,42-,45-/m0/s1. The Bertz CT molecular complexity index is 2310. The summed E-state index contributed by atoms with van der Waals surface area (Å²) in [6.07, 6.45) is 0.416. The molecule has 0 aliphatic carbocycles. The SMILES string of the molecule is CC[C@H](C)[C@H](NC(=O)[C@H](CS)NC(=O)[C@H](CCCCN)NC(=O)[C@H](Cc1ccc(O)cc1)NC(=O)[C@H](CC(C)C)NC(=O)[C@H](CCC(=O)O)NC(=O)CNC)C(=O)N[C@@H](CC(C)C)C(=O)N[C@@H](Cc1ccc(O)cc1)C(N)=O. The van der Waals surface area contributed by atoms with Gasteiger partial charge in [-0.3, -0.25) is 47.9 Å². The van der Waals surface area contributed by atoms with Crippen LogP contribution in [0.1, 0.15) is 104 Å². The number of benzene rings is 2. The molecule has 0 aliphatic rings. The number of hydrogen-bond acceptors (Lipinski definition) is 15. The van der Waals surface area contributed by atoms with Gasteiger partial charge in [-0.1, -0.05) is 72.2 Å². The summed E-state index contributed by atoms with van der Waals surface area (Å²) >= 11 is 4.34. The number of likely N-dealkylation sites (N-methyl/N-ethyl adjacent to an activating group) is 1. The van der Waals surface area contributed by atoms with E-state index in [0.29, 0.717) is 30.4 Å². The fourth-order valence-corrected chi connectivity index (χ4v) is 8.31. The number of nitrogens with two attached hydrogens (primary N) is 2. The first-order valence-electron chi connectivity index (χ1n) is 26.3. The summed E-state index contributed by atoms with van der Waals surface area (Å²) in [4.78, 5) is 135. The van der Waals surface area contributed by atoms with E-state index in [0.717, 1.165) is 0 Å². The highest BCUT2D eigenvalue weighted by Crippen LogP contribution is 2.17. The molecule has 78 heavy (non-hydrogen) atoms. The maximum Gasteiger partial charge on any atom is 0.303 e. The van der Waals surface area contributed by atoms with Gasteiger partial charge in [0, 0.05) is 25.0 Å². The molecule has 25 heteroatoms. The molecule has 0 saturated heterocycles. The first kappa shape index (κ1) is 67.1. The number of carbonyl (C=O) groups excluding carboxylic acids is 9. The molecule has 0 aliphatic heterocycles. The molecule has 16 N–H and O–H groups in total. The molecule has 2 rings (SSSR count). The fourth-order valence-electron chi connectivity index (χ4n) is 8.05. The second kappa shape index (κ2) is 34.7. The van der Waals surface area contributed by atoms with Crippen LogP contribution in [0.2, 0.25) is 0 Å². The molecule has 0 bridgehead atoms. The van der Waals surface area contributed by atoms with E-state index in [2.05, 4.69) is 60.5 Å². The van der Waals surface area contributed by atoms with Crippen LogP contribution in [0, 0.1) is 17.8 Å². The number of unbranched alkanes of at least 4 members (excludes halogenated alkanes) is 1. The van der Waals surface area contributed by atoms with Gasteiger partial charge in [-0.15, -0.1) is 0 Å². The number of hydrogen-bond donors (Lipinski definition) is 15. The third-order valence-corrected chi connectivity index (χ3v) is 12.9. The van der Waals surface area contributed by atoms with Crippen LogP contribution < -0.4 is 59.3 Å². The highest BCUT2D eigenvalue weighted by atomic mass is 32.1. The molecule has 0 radical (unpaired) electrons. The monoisotopic (exact) mass is 1110 g/mol. The largest absolute Gasteiger partial charge is 0.508 e. The van der Waals surface area contributed by atoms with E-state index in [1.165, 1.54) is 43.4 Å². The van der Waals surface area contributed by atoms with Crippen LogP contribution in [0.5, 0.6) is 11.5 Å². The predicted molar refractivity (Wildman–Crippen MR) is 294 cm³/mol. The molecule has 2 aromatic rings. The van der Waals surface area contributed by atoms with Crippen LogP contribution in [0.4, 0.5) is 0 Å². The van der Waals surface area contributed by atoms with Crippen molar-refractivity contribution in [1.82, 2.24) is 47.9 Å². The van der Waals surface area contributed by atoms with Gasteiger partial charge >= 0.3 is 5.97 Å². The predicted octanol–water partition coefficient (Wildman–Crippen LogP) is -0.472. The number of nitrogens with one attached hydrogen (secondary N) is 9. The van der Waals surface area contributed by atoms with Crippen LogP contribution in [-0.4, -0.2) is 149 Å². The second-order valence-electron chi connectivity index (χ2n) is 20.2. The van der Waals surface area contributed by atoms with Gasteiger partial charge in [0.1, 0.15) is 59.8 Å². The zero-order valence-corrected chi connectivity index (χ0v) is 46.6. The van der Waals surface area contributed by atoms with E-state index in [-0.39, 0.29) is 80.7 Å². The number of thiol groups is 1. The summed E-state index contributed by atoms with van der Waals surface area (Å²) in [5.74, 6) is -9.41. The average molecular weight is 1110 g/mol. The molecular weight excluding hydrogens is 1030 g/mol. The van der Waals surface area contributed by atoms with Crippen molar-refractivity contribution in [2.45, 2.75) is 154 Å². The highest BCUT2D eigenvalue weighted by molar-refractivity contribution is 7.80. The minimum atomic E-state index is -1.42. The minimum Gasteiger partial charge on any atom is -0.508 e. The normalized spacial score (nSPS) is 14.7. The molecule has 0 aromatic heterocycles. The van der Waals surface area contributed by atoms with E-state index >= 15 is 0 Å². The van der Waals surface area contributed by atoms with Crippen LogP contribution in [-0.2, 0) is 60.8 Å². The molecule has 0 fully saturated rings. The summed E-state index contributed by atoms with van der Waals surface area (Å²) in [7, 11) is 1.51. The van der Waals surface area contributed by atoms with Crippen molar-refractivity contribution in [3.8, 4) is 11.5 Å². The van der Waals surface area contributed by atoms with Crippen molar-refractivity contribution < 1.29 is 63.3 Å². The fraction of sp³-hybridized carbons (Fsp3) is 0.585. The third-order valence-electron chi connectivity index (χ3n) is 12.6. The van der Waals surface area contributed by atoms with Crippen LogP contribution >= 0.6 is 12.6 Å². The average Bonchev–Trinajstić information content (AvgIpc) is 3.38. The Morgan fingerprint density at radius 3 is 1.40 bits per heavy atom. The van der Waals surface area contributed by atoms with Crippen molar-refractivity contribution in [3.05, 3.63) is 59.7 Å². The first-order chi connectivity index (χ1) is 36.8. The van der Waals surface area contributed by atoms with Crippen molar-refractivity contribution >= 4 is 71.8 Å². The zero-order valence-electron chi connectivity index (χ0n) is 45.7. The van der Waals surface area contributed by atoms with Crippen LogP contribution in [0.3, 0.4) is 0 Å². The van der Waals surface area contributed by atoms with E-state index in [1.54, 1.807) is 39.8 Å². The lowest BCUT2D eigenvalue weighted by atomic mass is 9.96. The smallest absolute Gasteiger partial charge is 0.303 e. The van der Waals surface area contributed by atoms with Gasteiger partial charge in [0.2, 0.25) is 53.2 Å². The zero-order chi connectivity index (χ0) is 58.6. The Balaban J connectivity index is 2.43. The molecule has 0 unspecified atom stereocenters. The lowest BCUT2D eigenvalue weighted by Gasteiger charge is -2.30. The van der Waals surface area contributed by atoms with Gasteiger partial charge in [-0.05, 0) is 105 Å². The number of rotatable bonds is 36. The lowest BCUT2D eigenvalue weighted by Crippen LogP contribution is -2.61. The summed E-state index contributed by atoms with van der Waals surface area (Å²) in [5, 5.41) is 52.8. The third kappa shape index (κ3) is 24.6. The van der Waals surface area contributed by atoms with Crippen molar-refractivity contribution in [2.24, 2.45) is 29.2 Å². The number of carbonyl (C=O) groups is 10. The van der Waals surface area contributed by atoms with E-state index in [1.807, 2.05) is 13.8 Å². The molecule has 9 amide bonds. The van der Waals surface area contributed by atoms with Gasteiger partial charge in [0.25, 0.3) is 0 Å². The second-order valence-corrected chi connectivity index (χ2v) is 20.6. The van der Waals surface area contributed by atoms with Crippen LogP contribution in [0.15, 0.2) is 48.5 Å². The molecule has 9 atom stereocenters. The van der Waals surface area contributed by atoms with E-state index in [9.17, 15) is 63.3 Å². The Morgan fingerprint density at radius 2 is 0.949 bits per heavy atom. The minimum absolute atomic E-state index is 0.00232. The van der Waals surface area contributed by atoms with Crippen LogP contribution in [0.25, 0.3) is 0 Å². The molecular formula is C53H83N11O13S. The number of amides is 9. The number of carboxylic acid groups (broad SMARTS) is 1. The highest BCUT2D eigenvalue weighted by Gasteiger charge is 2.36. The summed E-state index contributed by atoms with van der Waals surface area (Å²) in [5.41, 5.74) is 12.5. The number of aliphatic carboxylic acids is 1. The Kier molecular flexibility index (Phi) is 29.9. The van der Waals surface area contributed by atoms with Gasteiger partial charge in [0.05, 0.1) is 6.54 Å². The molecule has 0 heterocycles. The van der Waals surface area contributed by atoms with Gasteiger partial charge in [-0.25, -0.2) is 0 Å². The number of phenols is 2. The maximum absolute atomic E-state index is 14.4. The van der Waals surface area contributed by atoms with Gasteiger partial charge < -0.3 is 74.6 Å². The van der Waals surface area contributed by atoms with Crippen molar-refractivity contribution in [1.29, 1.82) is 0 Å². The maximum atomic E-state index is 14.4. The molecule has 434 valence electrons. The number of phenolic OH excluding ortho intramolecular Hbond substituents is 2. The van der Waals surface area contributed by atoms with Gasteiger partial charge in [-0.2, -0.15) is 12.6 Å². The number of primary amides is 1. The number of carboxylic acids is 1. The topological polar surface area (TPSA) is 392 Å². The van der Waals surface area contributed by atoms with Gasteiger partial charge in [0.15, 0.2) is 0 Å². The first-order valence-corrected chi connectivity index (χ1v) is 26.9. The Labute approximate surface area is 461 Å². The summed E-state index contributed by atoms with van der Waals surface area (Å²) in [6, 6.07) is 1.44. The van der Waals surface area contributed by atoms with E-state index in [4.69, 9.17) is 11.5 Å². The molecule has 0 spiro atoms. The van der Waals surface area contributed by atoms with Crippen molar-refractivity contribution in [2.75, 3.05) is 25.9 Å². The Morgan fingerprint density at radius 1 is 0.538 bits per heavy atom. The molecule has 24 nitrogen and oxygen atoms in total. The Hall–Kier alpha value is -6.99. The summed E-state index contributed by atoms with van der Waals surface area (Å²) in [6.45, 7) is 10.8. The molecule has 2 aromatic carbocycles. The summed E-state index contributed by atoms with van der Waals surface area (Å²) < 4.78 is 0. The van der Waals surface area contributed by atoms with E-state index < -0.39 is 120 Å². The quantitative estimate of drug-likeness (QED) is 0.0303. The van der Waals surface area contributed by atoms with Crippen molar-refractivity contribution in [3.63, 3.8) is 0 Å². The molecule has 0 saturated carbocycles. The lowest BCUT2D eigenvalue weighted by molar-refractivity contribution is -0.138.